The van der Waals surface area contributed by atoms with Crippen LogP contribution in [0.2, 0.25) is 0 Å². The van der Waals surface area contributed by atoms with Crippen LogP contribution in [0.5, 0.6) is 11.5 Å². The molecule has 1 aliphatic heterocycles. The van der Waals surface area contributed by atoms with Gasteiger partial charge < -0.3 is 14.8 Å². The zero-order chi connectivity index (χ0) is 13.9. The minimum absolute atomic E-state index is 0.0533. The first kappa shape index (κ1) is 13.0. The van der Waals surface area contributed by atoms with Crippen LogP contribution in [0.1, 0.15) is 28.2 Å². The Morgan fingerprint density at radius 2 is 2.05 bits per heavy atom. The summed E-state index contributed by atoms with van der Waals surface area (Å²) in [5.74, 6) is 1.45. The number of hydrogen-bond acceptors (Lipinski definition) is 4. The maximum absolute atomic E-state index is 12.0. The molecule has 2 aromatic rings. The van der Waals surface area contributed by atoms with Crippen molar-refractivity contribution in [3.63, 3.8) is 0 Å². The van der Waals surface area contributed by atoms with Crippen molar-refractivity contribution in [2.24, 2.45) is 0 Å². The lowest BCUT2D eigenvalue weighted by molar-refractivity contribution is 0.0944. The molecule has 0 bridgehead atoms. The molecule has 4 nitrogen and oxygen atoms in total. The smallest absolute Gasteiger partial charge is 0.261 e. The van der Waals surface area contributed by atoms with Crippen molar-refractivity contribution in [2.75, 3.05) is 13.2 Å². The van der Waals surface area contributed by atoms with Crippen molar-refractivity contribution in [1.82, 2.24) is 5.32 Å². The van der Waals surface area contributed by atoms with Gasteiger partial charge in [-0.3, -0.25) is 4.79 Å². The highest BCUT2D eigenvalue weighted by atomic mass is 32.1. The lowest BCUT2D eigenvalue weighted by atomic mass is 10.1. The van der Waals surface area contributed by atoms with Gasteiger partial charge in [-0.25, -0.2) is 0 Å². The van der Waals surface area contributed by atoms with Crippen molar-refractivity contribution < 1.29 is 14.3 Å². The molecular weight excluding hydrogens is 274 g/mol. The lowest BCUT2D eigenvalue weighted by Crippen LogP contribution is -2.26. The Morgan fingerprint density at radius 3 is 2.80 bits per heavy atom. The molecule has 1 aliphatic rings. The Morgan fingerprint density at radius 1 is 1.25 bits per heavy atom. The number of carbonyl (C=O) groups excluding carboxylic acids is 1. The van der Waals surface area contributed by atoms with E-state index in [9.17, 15) is 4.79 Å². The van der Waals surface area contributed by atoms with Gasteiger partial charge in [-0.15, -0.1) is 11.3 Å². The van der Waals surface area contributed by atoms with Crippen molar-refractivity contribution >= 4 is 17.2 Å². The fraction of sp³-hybridized carbons (Fsp3) is 0.267. The van der Waals surface area contributed by atoms with Gasteiger partial charge in [0.05, 0.1) is 10.9 Å². The first-order valence-corrected chi connectivity index (χ1v) is 7.36. The predicted molar refractivity (Wildman–Crippen MR) is 77.6 cm³/mol. The third-order valence-electron chi connectivity index (χ3n) is 3.16. The minimum atomic E-state index is -0.0829. The van der Waals surface area contributed by atoms with Gasteiger partial charge in [0.15, 0.2) is 11.5 Å². The van der Waals surface area contributed by atoms with E-state index in [1.165, 1.54) is 11.3 Å². The largest absolute Gasteiger partial charge is 0.486 e. The zero-order valence-corrected chi connectivity index (χ0v) is 11.9. The van der Waals surface area contributed by atoms with Crippen LogP contribution < -0.4 is 14.8 Å². The molecule has 1 aromatic heterocycles. The van der Waals surface area contributed by atoms with E-state index in [0.29, 0.717) is 13.2 Å². The monoisotopic (exact) mass is 289 g/mol. The van der Waals surface area contributed by atoms with Gasteiger partial charge in [0.1, 0.15) is 13.2 Å². The number of fused-ring (bicyclic) bond motifs is 1. The van der Waals surface area contributed by atoms with Gasteiger partial charge in [-0.05, 0) is 36.1 Å². The summed E-state index contributed by atoms with van der Waals surface area (Å²) < 4.78 is 11.0. The number of thiophene rings is 1. The van der Waals surface area contributed by atoms with Crippen molar-refractivity contribution in [1.29, 1.82) is 0 Å². The molecule has 0 fully saturated rings. The SMILES string of the molecule is C[C@H](NC(=O)c1cccs1)c1ccc2c(c1)OCCO2. The van der Waals surface area contributed by atoms with E-state index in [0.717, 1.165) is 21.9 Å². The van der Waals surface area contributed by atoms with Crippen molar-refractivity contribution in [2.45, 2.75) is 13.0 Å². The van der Waals surface area contributed by atoms with Gasteiger partial charge in [0.25, 0.3) is 5.91 Å². The molecule has 104 valence electrons. The average molecular weight is 289 g/mol. The lowest BCUT2D eigenvalue weighted by Gasteiger charge is -2.21. The van der Waals surface area contributed by atoms with Crippen molar-refractivity contribution in [3.05, 3.63) is 46.2 Å². The summed E-state index contributed by atoms with van der Waals surface area (Å²) in [6.07, 6.45) is 0. The molecule has 0 spiro atoms. The number of ether oxygens (including phenoxy) is 2. The van der Waals surface area contributed by atoms with E-state index in [-0.39, 0.29) is 11.9 Å². The standard InChI is InChI=1S/C15H15NO3S/c1-10(16-15(17)14-3-2-8-20-14)11-4-5-12-13(9-11)19-7-6-18-12/h2-5,8-10H,6-7H2,1H3,(H,16,17)/t10-/m0/s1. The Labute approximate surface area is 121 Å². The van der Waals surface area contributed by atoms with E-state index in [1.807, 2.05) is 42.6 Å². The molecule has 3 rings (SSSR count). The molecule has 0 aliphatic carbocycles. The van der Waals surface area contributed by atoms with Crippen LogP contribution in [-0.4, -0.2) is 19.1 Å². The third-order valence-corrected chi connectivity index (χ3v) is 4.03. The van der Waals surface area contributed by atoms with E-state index in [1.54, 1.807) is 0 Å². The van der Waals surface area contributed by atoms with Crippen LogP contribution in [0.3, 0.4) is 0 Å². The maximum atomic E-state index is 12.0. The van der Waals surface area contributed by atoms with E-state index in [2.05, 4.69) is 5.32 Å². The number of benzene rings is 1. The van der Waals surface area contributed by atoms with Gasteiger partial charge in [-0.1, -0.05) is 12.1 Å². The summed E-state index contributed by atoms with van der Waals surface area (Å²) in [6, 6.07) is 9.36. The summed E-state index contributed by atoms with van der Waals surface area (Å²) >= 11 is 1.43. The molecule has 0 saturated heterocycles. The van der Waals surface area contributed by atoms with Crippen LogP contribution in [0.15, 0.2) is 35.7 Å². The summed E-state index contributed by atoms with van der Waals surface area (Å²) in [4.78, 5) is 12.7. The molecule has 1 amide bonds. The fourth-order valence-corrected chi connectivity index (χ4v) is 2.71. The second-order valence-electron chi connectivity index (χ2n) is 4.58. The highest BCUT2D eigenvalue weighted by Crippen LogP contribution is 2.32. The van der Waals surface area contributed by atoms with Gasteiger partial charge in [0.2, 0.25) is 0 Å². The summed E-state index contributed by atoms with van der Waals surface area (Å²) in [5, 5.41) is 4.87. The van der Waals surface area contributed by atoms with Gasteiger partial charge in [0, 0.05) is 0 Å². The number of amides is 1. The van der Waals surface area contributed by atoms with Gasteiger partial charge in [-0.2, -0.15) is 0 Å². The third kappa shape index (κ3) is 2.63. The van der Waals surface area contributed by atoms with Crippen LogP contribution >= 0.6 is 11.3 Å². The maximum Gasteiger partial charge on any atom is 0.261 e. The summed E-state index contributed by atoms with van der Waals surface area (Å²) in [6.45, 7) is 3.10. The highest BCUT2D eigenvalue weighted by Gasteiger charge is 2.16. The Bertz CT molecular complexity index is 610. The van der Waals surface area contributed by atoms with Crippen LogP contribution in [0, 0.1) is 0 Å². The molecule has 20 heavy (non-hydrogen) atoms. The van der Waals surface area contributed by atoms with Crippen molar-refractivity contribution in [3.8, 4) is 11.5 Å². The molecule has 1 N–H and O–H groups in total. The normalized spacial score (nSPS) is 14.7. The number of rotatable bonds is 3. The topological polar surface area (TPSA) is 47.6 Å². The first-order valence-electron chi connectivity index (χ1n) is 6.48. The summed E-state index contributed by atoms with van der Waals surface area (Å²) in [5.41, 5.74) is 0.999. The molecule has 5 heteroatoms. The predicted octanol–water partition coefficient (Wildman–Crippen LogP) is 3.01. The van der Waals surface area contributed by atoms with Gasteiger partial charge >= 0.3 is 0 Å². The van der Waals surface area contributed by atoms with Crippen LogP contribution in [-0.2, 0) is 0 Å². The van der Waals surface area contributed by atoms with Crippen LogP contribution in [0.4, 0.5) is 0 Å². The molecule has 0 saturated carbocycles. The molecule has 1 atom stereocenters. The molecule has 0 radical (unpaired) electrons. The second-order valence-corrected chi connectivity index (χ2v) is 5.52. The Hall–Kier alpha value is -2.01. The van der Waals surface area contributed by atoms with E-state index >= 15 is 0 Å². The number of hydrogen-bond donors (Lipinski definition) is 1. The number of carbonyl (C=O) groups is 1. The molecule has 2 heterocycles. The van der Waals surface area contributed by atoms with E-state index < -0.39 is 0 Å². The molecular formula is C15H15NO3S. The Kier molecular flexibility index (Phi) is 3.60. The second kappa shape index (κ2) is 5.54. The number of nitrogens with one attached hydrogen (secondary N) is 1. The van der Waals surface area contributed by atoms with Crippen LogP contribution in [0.25, 0.3) is 0 Å². The highest BCUT2D eigenvalue weighted by molar-refractivity contribution is 7.12. The minimum Gasteiger partial charge on any atom is -0.486 e. The quantitative estimate of drug-likeness (QED) is 0.945. The molecule has 0 unspecified atom stereocenters. The first-order chi connectivity index (χ1) is 9.74. The molecule has 1 aromatic carbocycles. The summed E-state index contributed by atoms with van der Waals surface area (Å²) in [7, 11) is 0. The Balaban J connectivity index is 1.74. The van der Waals surface area contributed by atoms with E-state index in [4.69, 9.17) is 9.47 Å². The average Bonchev–Trinajstić information content (AvgIpc) is 3.01. The zero-order valence-electron chi connectivity index (χ0n) is 11.1. The fourth-order valence-electron chi connectivity index (χ4n) is 2.09.